The zero-order valence-corrected chi connectivity index (χ0v) is 15.3. The van der Waals surface area contributed by atoms with Gasteiger partial charge in [-0.25, -0.2) is 4.79 Å². The number of fused-ring (bicyclic) bond motifs is 1. The highest BCUT2D eigenvalue weighted by atomic mass is 16.6. The largest absolute Gasteiger partial charge is 0.461 e. The van der Waals surface area contributed by atoms with Gasteiger partial charge in [0.25, 0.3) is 0 Å². The maximum Gasteiger partial charge on any atom is 0.334 e. The zero-order chi connectivity index (χ0) is 19.3. The fourth-order valence-electron chi connectivity index (χ4n) is 2.96. The van der Waals surface area contributed by atoms with Gasteiger partial charge in [-0.05, 0) is 30.9 Å². The number of hydrogen-bond donors (Lipinski definition) is 1. The number of hydrogen-bond acceptors (Lipinski definition) is 6. The van der Waals surface area contributed by atoms with Gasteiger partial charge in [0.05, 0.1) is 12.5 Å². The van der Waals surface area contributed by atoms with E-state index in [-0.39, 0.29) is 42.9 Å². The standard InChI is InChI=1S/C20H26O6/c1-4-12(2)19(23)25-11-14-6-5-7-15(10-21)17(22)9-16-13(3)20(24)26-18(16)8-14/h7-8,12,16,18,21H,3-6,9-11H2,1-2H3/b14-8+,15-7-/t12-,16-,18+/m0/s1. The van der Waals surface area contributed by atoms with Crippen molar-refractivity contribution in [2.45, 2.75) is 45.6 Å². The average molecular weight is 362 g/mol. The number of aliphatic hydroxyl groups excluding tert-OH is 1. The molecule has 1 heterocycles. The molecule has 6 nitrogen and oxygen atoms in total. The third kappa shape index (κ3) is 4.69. The normalized spacial score (nSPS) is 29.0. The summed E-state index contributed by atoms with van der Waals surface area (Å²) >= 11 is 0. The molecule has 1 fully saturated rings. The summed E-state index contributed by atoms with van der Waals surface area (Å²) in [5.41, 5.74) is 1.41. The molecule has 0 bridgehead atoms. The second-order valence-corrected chi connectivity index (χ2v) is 6.80. The lowest BCUT2D eigenvalue weighted by atomic mass is 9.87. The van der Waals surface area contributed by atoms with Crippen LogP contribution in [0.1, 0.15) is 39.5 Å². The molecule has 1 aliphatic heterocycles. The molecule has 1 saturated heterocycles. The molecule has 0 aromatic rings. The third-order valence-electron chi connectivity index (χ3n) is 4.95. The van der Waals surface area contributed by atoms with E-state index in [4.69, 9.17) is 9.47 Å². The van der Waals surface area contributed by atoms with Crippen LogP contribution in [0.25, 0.3) is 0 Å². The Morgan fingerprint density at radius 3 is 2.85 bits per heavy atom. The van der Waals surface area contributed by atoms with Crippen molar-refractivity contribution in [2.75, 3.05) is 13.2 Å². The number of carbonyl (C=O) groups excluding carboxylic acids is 3. The molecular weight excluding hydrogens is 336 g/mol. The summed E-state index contributed by atoms with van der Waals surface area (Å²) in [5.74, 6) is -1.64. The van der Waals surface area contributed by atoms with E-state index in [0.717, 1.165) is 5.57 Å². The number of esters is 2. The van der Waals surface area contributed by atoms with Gasteiger partial charge in [0.1, 0.15) is 12.7 Å². The summed E-state index contributed by atoms with van der Waals surface area (Å²) in [5, 5.41) is 9.44. The molecule has 1 N–H and O–H groups in total. The Balaban J connectivity index is 2.22. The Morgan fingerprint density at radius 2 is 2.19 bits per heavy atom. The van der Waals surface area contributed by atoms with Crippen molar-refractivity contribution in [3.63, 3.8) is 0 Å². The van der Waals surface area contributed by atoms with E-state index in [9.17, 15) is 19.5 Å². The maximum absolute atomic E-state index is 12.3. The van der Waals surface area contributed by atoms with Crippen LogP contribution < -0.4 is 0 Å². The Kier molecular flexibility index (Phi) is 6.91. The lowest BCUT2D eigenvalue weighted by molar-refractivity contribution is -0.147. The monoisotopic (exact) mass is 362 g/mol. The fourth-order valence-corrected chi connectivity index (χ4v) is 2.96. The van der Waals surface area contributed by atoms with Crippen LogP contribution in [0.2, 0.25) is 0 Å². The third-order valence-corrected chi connectivity index (χ3v) is 4.95. The Bertz CT molecular complexity index is 657. The molecule has 0 spiro atoms. The topological polar surface area (TPSA) is 89.9 Å². The second-order valence-electron chi connectivity index (χ2n) is 6.80. The SMILES string of the molecule is C=C1C(=O)O[C@@H]2/C=C(/COC(=O)[C@@H](C)CC)CC/C=C(/CO)C(=O)C[C@@H]12. The minimum absolute atomic E-state index is 0.0536. The van der Waals surface area contributed by atoms with Crippen molar-refractivity contribution in [3.8, 4) is 0 Å². The van der Waals surface area contributed by atoms with Crippen molar-refractivity contribution in [1.29, 1.82) is 0 Å². The minimum Gasteiger partial charge on any atom is -0.461 e. The molecule has 142 valence electrons. The number of allylic oxidation sites excluding steroid dienone is 1. The van der Waals surface area contributed by atoms with Gasteiger partial charge < -0.3 is 14.6 Å². The van der Waals surface area contributed by atoms with E-state index in [2.05, 4.69) is 6.58 Å². The predicted molar refractivity (Wildman–Crippen MR) is 95.0 cm³/mol. The molecule has 26 heavy (non-hydrogen) atoms. The quantitative estimate of drug-likeness (QED) is 0.458. The summed E-state index contributed by atoms with van der Waals surface area (Å²) in [6, 6.07) is 0. The van der Waals surface area contributed by atoms with E-state index in [1.807, 2.05) is 13.8 Å². The molecule has 0 amide bonds. The van der Waals surface area contributed by atoms with Gasteiger partial charge in [-0.1, -0.05) is 26.5 Å². The summed E-state index contributed by atoms with van der Waals surface area (Å²) in [6.07, 6.45) is 4.69. The van der Waals surface area contributed by atoms with Gasteiger partial charge in [-0.2, -0.15) is 0 Å². The van der Waals surface area contributed by atoms with Crippen LogP contribution in [0, 0.1) is 11.8 Å². The summed E-state index contributed by atoms with van der Waals surface area (Å²) in [4.78, 5) is 36.1. The number of ketones is 1. The van der Waals surface area contributed by atoms with Gasteiger partial charge in [0.15, 0.2) is 5.78 Å². The van der Waals surface area contributed by atoms with E-state index >= 15 is 0 Å². The first-order valence-electron chi connectivity index (χ1n) is 8.96. The van der Waals surface area contributed by atoms with Crippen LogP contribution >= 0.6 is 0 Å². The fraction of sp³-hybridized carbons (Fsp3) is 0.550. The van der Waals surface area contributed by atoms with Crippen molar-refractivity contribution in [1.82, 2.24) is 0 Å². The highest BCUT2D eigenvalue weighted by molar-refractivity contribution is 5.98. The molecule has 0 unspecified atom stereocenters. The molecule has 2 rings (SSSR count). The first-order valence-corrected chi connectivity index (χ1v) is 8.96. The molecular formula is C20H26O6. The van der Waals surface area contributed by atoms with Crippen molar-refractivity contribution in [2.24, 2.45) is 11.8 Å². The number of carbonyl (C=O) groups is 3. The Morgan fingerprint density at radius 1 is 1.46 bits per heavy atom. The molecule has 0 aromatic heterocycles. The highest BCUT2D eigenvalue weighted by Gasteiger charge is 2.39. The van der Waals surface area contributed by atoms with Crippen LogP contribution in [0.15, 0.2) is 35.5 Å². The minimum atomic E-state index is -0.603. The van der Waals surface area contributed by atoms with Gasteiger partial charge in [0, 0.05) is 23.5 Å². The number of aliphatic hydroxyl groups is 1. The molecule has 3 atom stereocenters. The van der Waals surface area contributed by atoms with Crippen LogP contribution in [0.4, 0.5) is 0 Å². The van der Waals surface area contributed by atoms with Gasteiger partial charge >= 0.3 is 11.9 Å². The Hall–Kier alpha value is -2.21. The van der Waals surface area contributed by atoms with Crippen LogP contribution in [-0.4, -0.2) is 42.1 Å². The molecule has 0 radical (unpaired) electrons. The van der Waals surface area contributed by atoms with Gasteiger partial charge in [-0.3, -0.25) is 9.59 Å². The number of rotatable bonds is 5. The summed E-state index contributed by atoms with van der Waals surface area (Å²) in [6.45, 7) is 7.24. The summed E-state index contributed by atoms with van der Waals surface area (Å²) < 4.78 is 10.7. The van der Waals surface area contributed by atoms with E-state index in [0.29, 0.717) is 24.8 Å². The molecule has 0 saturated carbocycles. The Labute approximate surface area is 153 Å². The number of Topliss-reactive ketones (excluding diaryl/α,β-unsaturated/α-hetero) is 1. The molecule has 1 aliphatic carbocycles. The zero-order valence-electron chi connectivity index (χ0n) is 15.3. The van der Waals surface area contributed by atoms with Crippen molar-refractivity contribution >= 4 is 17.7 Å². The maximum atomic E-state index is 12.3. The highest BCUT2D eigenvalue weighted by Crippen LogP contribution is 2.33. The average Bonchev–Trinajstić information content (AvgIpc) is 2.89. The van der Waals surface area contributed by atoms with Crippen LogP contribution in [0.5, 0.6) is 0 Å². The summed E-state index contributed by atoms with van der Waals surface area (Å²) in [7, 11) is 0. The van der Waals surface area contributed by atoms with Crippen molar-refractivity contribution in [3.05, 3.63) is 35.5 Å². The molecule has 6 heteroatoms. The lowest BCUT2D eigenvalue weighted by Gasteiger charge is -2.19. The van der Waals surface area contributed by atoms with Crippen molar-refractivity contribution < 1.29 is 29.0 Å². The van der Waals surface area contributed by atoms with E-state index < -0.39 is 18.0 Å². The van der Waals surface area contributed by atoms with Gasteiger partial charge in [-0.15, -0.1) is 0 Å². The van der Waals surface area contributed by atoms with Crippen LogP contribution in [-0.2, 0) is 23.9 Å². The molecule has 2 aliphatic rings. The second kappa shape index (κ2) is 8.94. The van der Waals surface area contributed by atoms with E-state index in [1.165, 1.54) is 0 Å². The lowest BCUT2D eigenvalue weighted by Crippen LogP contribution is -2.22. The molecule has 0 aromatic carbocycles. The predicted octanol–water partition coefficient (Wildman–Crippen LogP) is 2.27. The van der Waals surface area contributed by atoms with E-state index in [1.54, 1.807) is 12.2 Å². The first-order chi connectivity index (χ1) is 12.4. The number of ether oxygens (including phenoxy) is 2. The smallest absolute Gasteiger partial charge is 0.334 e. The van der Waals surface area contributed by atoms with Gasteiger partial charge in [0.2, 0.25) is 0 Å². The first kappa shape index (κ1) is 20.1. The van der Waals surface area contributed by atoms with Crippen LogP contribution in [0.3, 0.4) is 0 Å².